The molecule has 2 aromatic carbocycles. The highest BCUT2D eigenvalue weighted by Gasteiger charge is 2.26. The van der Waals surface area contributed by atoms with Gasteiger partial charge in [-0.2, -0.15) is 0 Å². The van der Waals surface area contributed by atoms with Crippen molar-refractivity contribution in [2.75, 3.05) is 32.6 Å². The first-order chi connectivity index (χ1) is 13.4. The topological polar surface area (TPSA) is 76.7 Å². The molecule has 2 unspecified atom stereocenters. The Bertz CT molecular complexity index is 959. The zero-order valence-corrected chi connectivity index (χ0v) is 18.3. The lowest BCUT2D eigenvalue weighted by atomic mass is 10.0. The van der Waals surface area contributed by atoms with Gasteiger partial charge in [0.05, 0.1) is 40.8 Å². The van der Waals surface area contributed by atoms with Crippen molar-refractivity contribution in [3.8, 4) is 11.5 Å². The summed E-state index contributed by atoms with van der Waals surface area (Å²) < 4.78 is 50.6. The van der Waals surface area contributed by atoms with Gasteiger partial charge in [0.2, 0.25) is 9.84 Å². The van der Waals surface area contributed by atoms with Gasteiger partial charge in [-0.05, 0) is 49.4 Å². The Morgan fingerprint density at radius 3 is 2.31 bits per heavy atom. The number of nitrogens with one attached hydrogen (secondary N) is 2. The number of ether oxygens (including phenoxy) is 2. The predicted molar refractivity (Wildman–Crippen MR) is 113 cm³/mol. The summed E-state index contributed by atoms with van der Waals surface area (Å²) in [7, 11) is -0.896. The maximum absolute atomic E-state index is 14.2. The lowest BCUT2D eigenvalue weighted by Gasteiger charge is -2.29. The Kier molecular flexibility index (Phi) is 7.99. The fraction of sp³-hybridized carbons (Fsp3) is 0.368. The maximum Gasteiger partial charge on any atom is 0.206 e. The van der Waals surface area contributed by atoms with E-state index in [1.165, 1.54) is 44.6 Å². The third-order valence-electron chi connectivity index (χ3n) is 4.66. The van der Waals surface area contributed by atoms with E-state index < -0.39 is 22.1 Å². The molecular formula is C19H23Cl2FN2O4S. The Labute approximate surface area is 181 Å². The third kappa shape index (κ3) is 5.06. The zero-order chi connectivity index (χ0) is 20.3. The van der Waals surface area contributed by atoms with E-state index in [1.807, 2.05) is 0 Å². The van der Waals surface area contributed by atoms with E-state index >= 15 is 0 Å². The number of sulfone groups is 1. The molecule has 6 nitrogen and oxygen atoms in total. The first-order valence-electron chi connectivity index (χ1n) is 8.75. The van der Waals surface area contributed by atoms with Crippen molar-refractivity contribution in [2.24, 2.45) is 0 Å². The molecule has 1 fully saturated rings. The number of halogens is 3. The van der Waals surface area contributed by atoms with Crippen molar-refractivity contribution in [3.05, 3.63) is 41.4 Å². The fourth-order valence-electron chi connectivity index (χ4n) is 3.10. The Balaban J connectivity index is 0.00000300. The van der Waals surface area contributed by atoms with Crippen LogP contribution >= 0.6 is 24.0 Å². The van der Waals surface area contributed by atoms with Gasteiger partial charge < -0.3 is 20.1 Å². The zero-order valence-electron chi connectivity index (χ0n) is 15.9. The first kappa shape index (κ1) is 23.5. The van der Waals surface area contributed by atoms with E-state index in [-0.39, 0.29) is 33.8 Å². The lowest BCUT2D eigenvalue weighted by molar-refractivity contribution is 0.244. The summed E-state index contributed by atoms with van der Waals surface area (Å²) in [5.74, 6) is 0.829. The largest absolute Gasteiger partial charge is 0.495 e. The number of methoxy groups -OCH3 is 2. The Morgan fingerprint density at radius 1 is 1.10 bits per heavy atom. The molecule has 10 heteroatoms. The molecule has 0 aliphatic carbocycles. The minimum atomic E-state index is -3.83. The van der Waals surface area contributed by atoms with Crippen LogP contribution in [0, 0.1) is 0 Å². The molecule has 1 aliphatic rings. The third-order valence-corrected chi connectivity index (χ3v) is 6.71. The van der Waals surface area contributed by atoms with Gasteiger partial charge in [-0.25, -0.2) is 12.8 Å². The van der Waals surface area contributed by atoms with Gasteiger partial charge in [0.15, 0.2) is 0 Å². The second kappa shape index (κ2) is 9.84. The van der Waals surface area contributed by atoms with Crippen LogP contribution in [-0.4, -0.2) is 47.9 Å². The molecule has 1 saturated heterocycles. The Hall–Kier alpha value is -1.74. The number of alkyl halides is 1. The van der Waals surface area contributed by atoms with Crippen LogP contribution in [-0.2, 0) is 9.84 Å². The number of piperidine rings is 1. The van der Waals surface area contributed by atoms with Crippen LogP contribution in [0.25, 0.3) is 0 Å². The molecule has 160 valence electrons. The SMILES string of the molecule is COc1ccc(S(=O)(=O)c2ccc(OC)c(NC3CCNCC3F)c2)cc1Cl.Cl. The van der Waals surface area contributed by atoms with E-state index in [4.69, 9.17) is 21.1 Å². The molecule has 3 rings (SSSR count). The summed E-state index contributed by atoms with van der Waals surface area (Å²) in [5.41, 5.74) is 0.428. The second-order valence-corrected chi connectivity index (χ2v) is 8.78. The highest BCUT2D eigenvalue weighted by molar-refractivity contribution is 7.91. The standard InChI is InChI=1S/C19H22ClFN2O4S.ClH/c1-26-18-5-3-12(9-14(18)20)28(24,25)13-4-6-19(27-2)17(10-13)23-16-7-8-22-11-15(16)21;/h3-6,9-10,15-16,22-23H,7-8,11H2,1-2H3;1H. The van der Waals surface area contributed by atoms with E-state index in [2.05, 4.69) is 10.6 Å². The van der Waals surface area contributed by atoms with E-state index in [9.17, 15) is 12.8 Å². The van der Waals surface area contributed by atoms with Crippen LogP contribution in [0.1, 0.15) is 6.42 Å². The highest BCUT2D eigenvalue weighted by atomic mass is 35.5. The van der Waals surface area contributed by atoms with Crippen LogP contribution in [0.2, 0.25) is 5.02 Å². The molecule has 0 saturated carbocycles. The van der Waals surface area contributed by atoms with Crippen molar-refractivity contribution < 1.29 is 22.3 Å². The summed E-state index contributed by atoms with van der Waals surface area (Å²) in [5, 5.41) is 6.28. The monoisotopic (exact) mass is 464 g/mol. The van der Waals surface area contributed by atoms with Crippen LogP contribution in [0.5, 0.6) is 11.5 Å². The van der Waals surface area contributed by atoms with Gasteiger partial charge in [0.25, 0.3) is 0 Å². The van der Waals surface area contributed by atoms with Crippen molar-refractivity contribution in [1.82, 2.24) is 5.32 Å². The number of anilines is 1. The summed E-state index contributed by atoms with van der Waals surface area (Å²) in [6.45, 7) is 0.936. The van der Waals surface area contributed by atoms with E-state index in [0.29, 0.717) is 30.2 Å². The molecule has 0 spiro atoms. The molecule has 0 amide bonds. The van der Waals surface area contributed by atoms with Crippen LogP contribution < -0.4 is 20.1 Å². The summed E-state index contributed by atoms with van der Waals surface area (Å²) in [4.78, 5) is 0.0982. The summed E-state index contributed by atoms with van der Waals surface area (Å²) >= 11 is 6.08. The maximum atomic E-state index is 14.2. The number of rotatable bonds is 6. The van der Waals surface area contributed by atoms with Gasteiger partial charge in [-0.1, -0.05) is 11.6 Å². The molecule has 2 N–H and O–H groups in total. The summed E-state index contributed by atoms with van der Waals surface area (Å²) in [6, 6.07) is 8.31. The number of hydrogen-bond acceptors (Lipinski definition) is 6. The highest BCUT2D eigenvalue weighted by Crippen LogP contribution is 2.34. The van der Waals surface area contributed by atoms with Gasteiger partial charge in [0.1, 0.15) is 17.7 Å². The van der Waals surface area contributed by atoms with E-state index in [0.717, 1.165) is 0 Å². The van der Waals surface area contributed by atoms with Crippen molar-refractivity contribution in [3.63, 3.8) is 0 Å². The molecule has 0 radical (unpaired) electrons. The van der Waals surface area contributed by atoms with Crippen LogP contribution in [0.15, 0.2) is 46.2 Å². The molecule has 29 heavy (non-hydrogen) atoms. The molecule has 0 aromatic heterocycles. The molecule has 1 aliphatic heterocycles. The quantitative estimate of drug-likeness (QED) is 0.678. The van der Waals surface area contributed by atoms with Crippen molar-refractivity contribution in [1.29, 1.82) is 0 Å². The molecule has 2 atom stereocenters. The summed E-state index contributed by atoms with van der Waals surface area (Å²) in [6.07, 6.45) is -0.505. The minimum absolute atomic E-state index is 0. The van der Waals surface area contributed by atoms with Crippen LogP contribution in [0.3, 0.4) is 0 Å². The van der Waals surface area contributed by atoms with Gasteiger partial charge >= 0.3 is 0 Å². The van der Waals surface area contributed by atoms with Gasteiger partial charge in [-0.3, -0.25) is 0 Å². The van der Waals surface area contributed by atoms with Gasteiger partial charge in [0, 0.05) is 6.54 Å². The van der Waals surface area contributed by atoms with Crippen molar-refractivity contribution in [2.45, 2.75) is 28.4 Å². The van der Waals surface area contributed by atoms with Crippen LogP contribution in [0.4, 0.5) is 10.1 Å². The lowest BCUT2D eigenvalue weighted by Crippen LogP contribution is -2.45. The van der Waals surface area contributed by atoms with Gasteiger partial charge in [-0.15, -0.1) is 12.4 Å². The molecule has 0 bridgehead atoms. The second-order valence-electron chi connectivity index (χ2n) is 6.42. The molecular weight excluding hydrogens is 442 g/mol. The average molecular weight is 465 g/mol. The molecule has 1 heterocycles. The minimum Gasteiger partial charge on any atom is -0.495 e. The Morgan fingerprint density at radius 2 is 1.72 bits per heavy atom. The normalized spacial score (nSPS) is 19.2. The first-order valence-corrected chi connectivity index (χ1v) is 10.6. The molecule has 2 aromatic rings. The average Bonchev–Trinajstić information content (AvgIpc) is 2.69. The fourth-order valence-corrected chi connectivity index (χ4v) is 4.74. The number of hydrogen-bond donors (Lipinski definition) is 2. The smallest absolute Gasteiger partial charge is 0.206 e. The predicted octanol–water partition coefficient (Wildman–Crippen LogP) is 3.72. The number of benzene rings is 2. The van der Waals surface area contributed by atoms with E-state index in [1.54, 1.807) is 6.07 Å². The van der Waals surface area contributed by atoms with Crippen molar-refractivity contribution >= 4 is 39.5 Å².